The van der Waals surface area contributed by atoms with Crippen molar-refractivity contribution >= 4 is 11.6 Å². The molecule has 4 heteroatoms. The molecule has 1 atom stereocenters. The SMILES string of the molecule is Cc1cc(C(C)NCc2ccc(F)cc2Cl)c(C)o1. The van der Waals surface area contributed by atoms with Gasteiger partial charge >= 0.3 is 0 Å². The number of benzene rings is 1. The third-order valence-electron chi connectivity index (χ3n) is 3.16. The average molecular weight is 282 g/mol. The summed E-state index contributed by atoms with van der Waals surface area (Å²) in [6.45, 7) is 6.53. The zero-order valence-electron chi connectivity index (χ0n) is 11.3. The molecular formula is C15H17ClFNO. The van der Waals surface area contributed by atoms with Crippen molar-refractivity contribution in [3.63, 3.8) is 0 Å². The molecule has 1 aromatic carbocycles. The minimum atomic E-state index is -0.317. The Hall–Kier alpha value is -1.32. The van der Waals surface area contributed by atoms with Crippen LogP contribution in [0.1, 0.15) is 35.6 Å². The van der Waals surface area contributed by atoms with Gasteiger partial charge in [-0.25, -0.2) is 4.39 Å². The Kier molecular flexibility index (Phi) is 4.27. The predicted octanol–water partition coefficient (Wildman–Crippen LogP) is 4.54. The summed E-state index contributed by atoms with van der Waals surface area (Å²) in [5.41, 5.74) is 2.02. The van der Waals surface area contributed by atoms with Crippen LogP contribution in [0.2, 0.25) is 5.02 Å². The van der Waals surface area contributed by atoms with E-state index >= 15 is 0 Å². The summed E-state index contributed by atoms with van der Waals surface area (Å²) in [4.78, 5) is 0. The first kappa shape index (κ1) is 14.1. The molecule has 0 aliphatic carbocycles. The van der Waals surface area contributed by atoms with Gasteiger partial charge in [0.05, 0.1) is 0 Å². The normalized spacial score (nSPS) is 12.7. The van der Waals surface area contributed by atoms with E-state index in [9.17, 15) is 4.39 Å². The zero-order valence-corrected chi connectivity index (χ0v) is 12.0. The molecule has 0 fully saturated rings. The summed E-state index contributed by atoms with van der Waals surface area (Å²) < 4.78 is 18.5. The van der Waals surface area contributed by atoms with E-state index in [0.29, 0.717) is 11.6 Å². The molecule has 0 radical (unpaired) electrons. The predicted molar refractivity (Wildman–Crippen MR) is 74.8 cm³/mol. The molecule has 0 saturated heterocycles. The van der Waals surface area contributed by atoms with E-state index in [0.717, 1.165) is 22.6 Å². The Balaban J connectivity index is 2.04. The first-order chi connectivity index (χ1) is 8.97. The molecule has 1 unspecified atom stereocenters. The van der Waals surface area contributed by atoms with Crippen LogP contribution < -0.4 is 5.32 Å². The van der Waals surface area contributed by atoms with Crippen LogP contribution >= 0.6 is 11.6 Å². The number of furan rings is 1. The lowest BCUT2D eigenvalue weighted by Gasteiger charge is -2.14. The molecule has 1 N–H and O–H groups in total. The maximum absolute atomic E-state index is 12.9. The molecule has 102 valence electrons. The molecular weight excluding hydrogens is 265 g/mol. The van der Waals surface area contributed by atoms with Gasteiger partial charge in [-0.15, -0.1) is 0 Å². The number of rotatable bonds is 4. The van der Waals surface area contributed by atoms with Gasteiger partial charge in [0, 0.05) is 23.2 Å². The summed E-state index contributed by atoms with van der Waals surface area (Å²) in [5, 5.41) is 3.81. The van der Waals surface area contributed by atoms with E-state index in [1.807, 2.05) is 19.9 Å². The third-order valence-corrected chi connectivity index (χ3v) is 3.51. The highest BCUT2D eigenvalue weighted by atomic mass is 35.5. The van der Waals surface area contributed by atoms with Gasteiger partial charge < -0.3 is 9.73 Å². The lowest BCUT2D eigenvalue weighted by atomic mass is 10.1. The van der Waals surface area contributed by atoms with E-state index in [1.54, 1.807) is 6.07 Å². The zero-order chi connectivity index (χ0) is 14.0. The first-order valence-corrected chi connectivity index (χ1v) is 6.59. The topological polar surface area (TPSA) is 25.2 Å². The van der Waals surface area contributed by atoms with Crippen LogP contribution in [-0.4, -0.2) is 0 Å². The van der Waals surface area contributed by atoms with Crippen LogP contribution in [0.15, 0.2) is 28.7 Å². The number of halogens is 2. The van der Waals surface area contributed by atoms with Crippen LogP contribution in [0.3, 0.4) is 0 Å². The molecule has 1 aromatic heterocycles. The fraction of sp³-hybridized carbons (Fsp3) is 0.333. The Morgan fingerprint density at radius 1 is 1.32 bits per heavy atom. The van der Waals surface area contributed by atoms with Crippen LogP contribution in [0, 0.1) is 19.7 Å². The molecule has 0 aliphatic rings. The molecule has 2 aromatic rings. The van der Waals surface area contributed by atoms with Gasteiger partial charge in [-0.2, -0.15) is 0 Å². The fourth-order valence-electron chi connectivity index (χ4n) is 2.12. The van der Waals surface area contributed by atoms with E-state index in [-0.39, 0.29) is 11.9 Å². The summed E-state index contributed by atoms with van der Waals surface area (Å²) in [5.74, 6) is 1.51. The Bertz CT molecular complexity index is 580. The molecule has 0 amide bonds. The maximum atomic E-state index is 12.9. The van der Waals surface area contributed by atoms with Gasteiger partial charge in [0.1, 0.15) is 17.3 Å². The number of hydrogen-bond acceptors (Lipinski definition) is 2. The molecule has 19 heavy (non-hydrogen) atoms. The van der Waals surface area contributed by atoms with Crippen molar-refractivity contribution in [1.29, 1.82) is 0 Å². The standard InChI is InChI=1S/C15H17ClFNO/c1-9-6-14(11(3)19-9)10(2)18-8-12-4-5-13(17)7-15(12)16/h4-7,10,18H,8H2,1-3H3. The summed E-state index contributed by atoms with van der Waals surface area (Å²) in [6, 6.07) is 6.63. The first-order valence-electron chi connectivity index (χ1n) is 6.21. The third kappa shape index (κ3) is 3.37. The van der Waals surface area contributed by atoms with Crippen molar-refractivity contribution in [3.05, 3.63) is 57.8 Å². The van der Waals surface area contributed by atoms with Crippen molar-refractivity contribution < 1.29 is 8.81 Å². The van der Waals surface area contributed by atoms with Crippen LogP contribution in [0.25, 0.3) is 0 Å². The van der Waals surface area contributed by atoms with Gasteiger partial charge in [0.2, 0.25) is 0 Å². The second-order valence-corrected chi connectivity index (χ2v) is 5.11. The van der Waals surface area contributed by atoms with Crippen molar-refractivity contribution in [2.45, 2.75) is 33.4 Å². The van der Waals surface area contributed by atoms with Crippen molar-refractivity contribution in [1.82, 2.24) is 5.32 Å². The highest BCUT2D eigenvalue weighted by Gasteiger charge is 2.12. The summed E-state index contributed by atoms with van der Waals surface area (Å²) in [7, 11) is 0. The highest BCUT2D eigenvalue weighted by molar-refractivity contribution is 6.31. The lowest BCUT2D eigenvalue weighted by molar-refractivity contribution is 0.489. The minimum Gasteiger partial charge on any atom is -0.466 e. The Morgan fingerprint density at radius 2 is 2.05 bits per heavy atom. The van der Waals surface area contributed by atoms with Gasteiger partial charge in [-0.05, 0) is 44.5 Å². The molecule has 2 nitrogen and oxygen atoms in total. The van der Waals surface area contributed by atoms with Gasteiger partial charge in [-0.3, -0.25) is 0 Å². The fourth-order valence-corrected chi connectivity index (χ4v) is 2.35. The largest absolute Gasteiger partial charge is 0.466 e. The van der Waals surface area contributed by atoms with Crippen molar-refractivity contribution in [3.8, 4) is 0 Å². The number of nitrogens with one attached hydrogen (secondary N) is 1. The lowest BCUT2D eigenvalue weighted by Crippen LogP contribution is -2.18. The van der Waals surface area contributed by atoms with Gasteiger partial charge in [0.25, 0.3) is 0 Å². The summed E-state index contributed by atoms with van der Waals surface area (Å²) in [6.07, 6.45) is 0. The van der Waals surface area contributed by atoms with Gasteiger partial charge in [0.15, 0.2) is 0 Å². The van der Waals surface area contributed by atoms with Gasteiger partial charge in [-0.1, -0.05) is 17.7 Å². The maximum Gasteiger partial charge on any atom is 0.124 e. The molecule has 0 bridgehead atoms. The molecule has 0 spiro atoms. The molecule has 1 heterocycles. The van der Waals surface area contributed by atoms with Crippen LogP contribution in [0.5, 0.6) is 0 Å². The quantitative estimate of drug-likeness (QED) is 0.890. The minimum absolute atomic E-state index is 0.151. The monoisotopic (exact) mass is 281 g/mol. The second-order valence-electron chi connectivity index (χ2n) is 4.71. The van der Waals surface area contributed by atoms with E-state index in [2.05, 4.69) is 12.2 Å². The average Bonchev–Trinajstić information content (AvgIpc) is 2.67. The van der Waals surface area contributed by atoms with E-state index in [4.69, 9.17) is 16.0 Å². The number of hydrogen-bond donors (Lipinski definition) is 1. The molecule has 0 saturated carbocycles. The molecule has 0 aliphatic heterocycles. The smallest absolute Gasteiger partial charge is 0.124 e. The van der Waals surface area contributed by atoms with Crippen LogP contribution in [-0.2, 0) is 6.54 Å². The molecule has 2 rings (SSSR count). The Morgan fingerprint density at radius 3 is 2.63 bits per heavy atom. The van der Waals surface area contributed by atoms with Crippen molar-refractivity contribution in [2.75, 3.05) is 0 Å². The van der Waals surface area contributed by atoms with E-state index in [1.165, 1.54) is 12.1 Å². The van der Waals surface area contributed by atoms with Crippen molar-refractivity contribution in [2.24, 2.45) is 0 Å². The van der Waals surface area contributed by atoms with E-state index < -0.39 is 0 Å². The second kappa shape index (κ2) is 5.76. The van der Waals surface area contributed by atoms with Crippen LogP contribution in [0.4, 0.5) is 4.39 Å². The Labute approximate surface area is 117 Å². The summed E-state index contributed by atoms with van der Waals surface area (Å²) >= 11 is 6.00. The number of aryl methyl sites for hydroxylation is 2. The highest BCUT2D eigenvalue weighted by Crippen LogP contribution is 2.23.